The predicted octanol–water partition coefficient (Wildman–Crippen LogP) is 3.23. The Morgan fingerprint density at radius 3 is 2.70 bits per heavy atom. The first kappa shape index (κ1) is 15.7. The first-order chi connectivity index (χ1) is 11.1. The molecule has 0 saturated carbocycles. The number of carbonyl (C=O) groups is 1. The van der Waals surface area contributed by atoms with E-state index in [1.54, 1.807) is 19.3 Å². The summed E-state index contributed by atoms with van der Waals surface area (Å²) in [6, 6.07) is 4.29. The van der Waals surface area contributed by atoms with Gasteiger partial charge in [0.25, 0.3) is 0 Å². The normalized spacial score (nSPS) is 23.3. The molecule has 1 fully saturated rings. The van der Waals surface area contributed by atoms with Gasteiger partial charge in [0.15, 0.2) is 11.5 Å². The maximum absolute atomic E-state index is 12.5. The fraction of sp³-hybridized carbons (Fsp3) is 0.500. The van der Waals surface area contributed by atoms with Crippen molar-refractivity contribution >= 4 is 12.0 Å². The summed E-state index contributed by atoms with van der Waals surface area (Å²) in [5.41, 5.74) is 0.858. The molecule has 1 aromatic carbocycles. The number of likely N-dealkylation sites (tertiary alicyclic amines) is 1. The SMILES string of the molecule is COc1cc(/C=C/C(=O)N2C(C)CCCC2C)cc2c1OCO2. The molecule has 5 heteroatoms. The zero-order valence-corrected chi connectivity index (χ0v) is 13.9. The van der Waals surface area contributed by atoms with E-state index in [0.717, 1.165) is 18.4 Å². The van der Waals surface area contributed by atoms with Crippen LogP contribution in [0.25, 0.3) is 6.08 Å². The van der Waals surface area contributed by atoms with Crippen LogP contribution in [0.1, 0.15) is 38.7 Å². The van der Waals surface area contributed by atoms with Crippen LogP contribution < -0.4 is 14.2 Å². The van der Waals surface area contributed by atoms with Gasteiger partial charge < -0.3 is 19.1 Å². The Morgan fingerprint density at radius 1 is 1.26 bits per heavy atom. The van der Waals surface area contributed by atoms with Crippen LogP contribution in [0.2, 0.25) is 0 Å². The van der Waals surface area contributed by atoms with Gasteiger partial charge in [-0.3, -0.25) is 4.79 Å². The van der Waals surface area contributed by atoms with Gasteiger partial charge in [-0.05, 0) is 56.9 Å². The third-order valence-electron chi connectivity index (χ3n) is 4.55. The average Bonchev–Trinajstić information content (AvgIpc) is 3.00. The molecule has 5 nitrogen and oxygen atoms in total. The molecule has 0 N–H and O–H groups in total. The lowest BCUT2D eigenvalue weighted by molar-refractivity contribution is -0.131. The monoisotopic (exact) mass is 317 g/mol. The maximum Gasteiger partial charge on any atom is 0.247 e. The second-order valence-electron chi connectivity index (χ2n) is 6.16. The van der Waals surface area contributed by atoms with Crippen molar-refractivity contribution in [3.8, 4) is 17.2 Å². The lowest BCUT2D eigenvalue weighted by Crippen LogP contribution is -2.46. The molecule has 23 heavy (non-hydrogen) atoms. The Bertz CT molecular complexity index is 616. The zero-order valence-electron chi connectivity index (χ0n) is 13.9. The Balaban J connectivity index is 1.78. The van der Waals surface area contributed by atoms with E-state index in [4.69, 9.17) is 14.2 Å². The second-order valence-corrected chi connectivity index (χ2v) is 6.16. The van der Waals surface area contributed by atoms with Crippen molar-refractivity contribution < 1.29 is 19.0 Å². The molecule has 0 radical (unpaired) electrons. The van der Waals surface area contributed by atoms with Gasteiger partial charge in [0.1, 0.15) is 0 Å². The highest BCUT2D eigenvalue weighted by molar-refractivity contribution is 5.92. The van der Waals surface area contributed by atoms with Gasteiger partial charge in [0.2, 0.25) is 18.4 Å². The van der Waals surface area contributed by atoms with Gasteiger partial charge in [-0.15, -0.1) is 0 Å². The fourth-order valence-electron chi connectivity index (χ4n) is 3.36. The number of methoxy groups -OCH3 is 1. The van der Waals surface area contributed by atoms with Gasteiger partial charge in [-0.2, -0.15) is 0 Å². The van der Waals surface area contributed by atoms with Crippen molar-refractivity contribution in [2.24, 2.45) is 0 Å². The smallest absolute Gasteiger partial charge is 0.247 e. The summed E-state index contributed by atoms with van der Waals surface area (Å²) < 4.78 is 16.1. The molecule has 0 aromatic heterocycles. The van der Waals surface area contributed by atoms with Gasteiger partial charge in [0, 0.05) is 18.2 Å². The van der Waals surface area contributed by atoms with Gasteiger partial charge in [-0.25, -0.2) is 0 Å². The predicted molar refractivity (Wildman–Crippen MR) is 87.8 cm³/mol. The Hall–Kier alpha value is -2.17. The second kappa shape index (κ2) is 6.52. The number of amides is 1. The van der Waals surface area contributed by atoms with Crippen LogP contribution in [0.4, 0.5) is 0 Å². The summed E-state index contributed by atoms with van der Waals surface area (Å²) >= 11 is 0. The van der Waals surface area contributed by atoms with E-state index < -0.39 is 0 Å². The number of carbonyl (C=O) groups excluding carboxylic acids is 1. The minimum Gasteiger partial charge on any atom is -0.493 e. The molecular weight excluding hydrogens is 294 g/mol. The number of hydrogen-bond acceptors (Lipinski definition) is 4. The van der Waals surface area contributed by atoms with Crippen LogP contribution in [0.15, 0.2) is 18.2 Å². The molecule has 2 atom stereocenters. The van der Waals surface area contributed by atoms with Crippen molar-refractivity contribution in [2.45, 2.75) is 45.2 Å². The molecule has 124 valence electrons. The highest BCUT2D eigenvalue weighted by Crippen LogP contribution is 2.42. The van der Waals surface area contributed by atoms with Crippen molar-refractivity contribution in [1.29, 1.82) is 0 Å². The van der Waals surface area contributed by atoms with Crippen LogP contribution >= 0.6 is 0 Å². The third kappa shape index (κ3) is 3.14. The summed E-state index contributed by atoms with van der Waals surface area (Å²) in [6.45, 7) is 4.43. The van der Waals surface area contributed by atoms with Crippen molar-refractivity contribution in [3.05, 3.63) is 23.8 Å². The molecule has 1 aromatic rings. The summed E-state index contributed by atoms with van der Waals surface area (Å²) in [5, 5.41) is 0. The first-order valence-corrected chi connectivity index (χ1v) is 8.08. The Kier molecular flexibility index (Phi) is 4.46. The number of hydrogen-bond donors (Lipinski definition) is 0. The van der Waals surface area contributed by atoms with E-state index in [0.29, 0.717) is 29.3 Å². The highest BCUT2D eigenvalue weighted by atomic mass is 16.7. The topological polar surface area (TPSA) is 48.0 Å². The summed E-state index contributed by atoms with van der Waals surface area (Å²) in [6.07, 6.45) is 6.77. The molecule has 2 aliphatic rings. The van der Waals surface area contributed by atoms with E-state index in [1.165, 1.54) is 6.42 Å². The zero-order chi connectivity index (χ0) is 16.4. The van der Waals surface area contributed by atoms with Crippen LogP contribution in [0.5, 0.6) is 17.2 Å². The highest BCUT2D eigenvalue weighted by Gasteiger charge is 2.27. The molecule has 2 aliphatic heterocycles. The van der Waals surface area contributed by atoms with Crippen LogP contribution in [-0.2, 0) is 4.79 Å². The van der Waals surface area contributed by atoms with E-state index >= 15 is 0 Å². The summed E-state index contributed by atoms with van der Waals surface area (Å²) in [7, 11) is 1.59. The first-order valence-electron chi connectivity index (χ1n) is 8.08. The van der Waals surface area contributed by atoms with Crippen molar-refractivity contribution in [1.82, 2.24) is 4.90 Å². The van der Waals surface area contributed by atoms with Gasteiger partial charge in [0.05, 0.1) is 7.11 Å². The van der Waals surface area contributed by atoms with Crippen LogP contribution in [-0.4, -0.2) is 36.8 Å². The van der Waals surface area contributed by atoms with Crippen molar-refractivity contribution in [2.75, 3.05) is 13.9 Å². The molecule has 3 rings (SSSR count). The largest absolute Gasteiger partial charge is 0.493 e. The third-order valence-corrected chi connectivity index (χ3v) is 4.55. The quantitative estimate of drug-likeness (QED) is 0.803. The minimum atomic E-state index is 0.0568. The van der Waals surface area contributed by atoms with E-state index in [2.05, 4.69) is 13.8 Å². The van der Waals surface area contributed by atoms with E-state index in [9.17, 15) is 4.79 Å². The molecular formula is C18H23NO4. The maximum atomic E-state index is 12.5. The molecule has 1 amide bonds. The number of ether oxygens (including phenoxy) is 3. The lowest BCUT2D eigenvalue weighted by Gasteiger charge is -2.38. The molecule has 2 unspecified atom stereocenters. The molecule has 2 heterocycles. The summed E-state index contributed by atoms with van der Waals surface area (Å²) in [4.78, 5) is 14.5. The van der Waals surface area contributed by atoms with E-state index in [1.807, 2.05) is 17.0 Å². The van der Waals surface area contributed by atoms with Crippen LogP contribution in [0.3, 0.4) is 0 Å². The lowest BCUT2D eigenvalue weighted by atomic mass is 9.97. The standard InChI is InChI=1S/C18H23NO4/c1-12-5-4-6-13(2)19(12)17(20)8-7-14-9-15(21-3)18-16(10-14)22-11-23-18/h7-10,12-13H,4-6,11H2,1-3H3/b8-7+. The number of rotatable bonds is 3. The Labute approximate surface area is 136 Å². The average molecular weight is 317 g/mol. The fourth-order valence-corrected chi connectivity index (χ4v) is 3.36. The molecule has 0 bridgehead atoms. The van der Waals surface area contributed by atoms with Crippen molar-refractivity contribution in [3.63, 3.8) is 0 Å². The number of piperidine rings is 1. The van der Waals surface area contributed by atoms with E-state index in [-0.39, 0.29) is 12.7 Å². The van der Waals surface area contributed by atoms with Crippen LogP contribution in [0, 0.1) is 0 Å². The number of fused-ring (bicyclic) bond motifs is 1. The minimum absolute atomic E-state index is 0.0568. The van der Waals surface area contributed by atoms with Gasteiger partial charge in [-0.1, -0.05) is 0 Å². The molecule has 1 saturated heterocycles. The summed E-state index contributed by atoms with van der Waals surface area (Å²) in [5.74, 6) is 1.94. The number of benzene rings is 1. The molecule has 0 aliphatic carbocycles. The Morgan fingerprint density at radius 2 is 2.00 bits per heavy atom. The molecule has 0 spiro atoms. The number of nitrogens with zero attached hydrogens (tertiary/aromatic N) is 1. The van der Waals surface area contributed by atoms with Gasteiger partial charge >= 0.3 is 0 Å².